The van der Waals surface area contributed by atoms with E-state index in [1.807, 2.05) is 13.8 Å². The Morgan fingerprint density at radius 2 is 2.07 bits per heavy atom. The number of aromatic nitrogens is 1. The fraction of sp³-hybridized carbons (Fsp3) is 0.250. The van der Waals surface area contributed by atoms with Gasteiger partial charge in [-0.2, -0.15) is 0 Å². The molecule has 6 nitrogen and oxygen atoms in total. The molecule has 0 saturated carbocycles. The number of carboxylic acid groups (broad SMARTS) is 1. The zero-order valence-electron chi connectivity index (χ0n) is 7.80. The minimum Gasteiger partial charge on any atom is -0.477 e. The number of pyridine rings is 1. The number of nitro groups is 1. The van der Waals surface area contributed by atoms with E-state index < -0.39 is 10.9 Å². The van der Waals surface area contributed by atoms with Crippen LogP contribution in [0.25, 0.3) is 0 Å². The predicted molar refractivity (Wildman–Crippen MR) is 49.2 cm³/mol. The Labute approximate surface area is 80.4 Å². The van der Waals surface area contributed by atoms with Gasteiger partial charge in [0, 0.05) is 6.07 Å². The monoisotopic (exact) mass is 198 g/mol. The van der Waals surface area contributed by atoms with Gasteiger partial charge in [-0.1, -0.05) is 13.8 Å². The summed E-state index contributed by atoms with van der Waals surface area (Å²) in [6, 6.07) is 2.18. The molecule has 1 rings (SSSR count). The van der Waals surface area contributed by atoms with Gasteiger partial charge in [0.15, 0.2) is 0 Å². The normalized spacial score (nSPS) is 8.43. The van der Waals surface area contributed by atoms with Crippen molar-refractivity contribution < 1.29 is 14.8 Å². The summed E-state index contributed by atoms with van der Waals surface area (Å²) in [5.41, 5.74) is -0.430. The number of hydrogen-bond acceptors (Lipinski definition) is 4. The van der Waals surface area contributed by atoms with Gasteiger partial charge < -0.3 is 5.11 Å². The molecule has 0 unspecified atom stereocenters. The lowest BCUT2D eigenvalue weighted by Gasteiger charge is -1.91. The highest BCUT2D eigenvalue weighted by Gasteiger charge is 2.08. The van der Waals surface area contributed by atoms with Crippen molar-refractivity contribution in [2.45, 2.75) is 13.8 Å². The van der Waals surface area contributed by atoms with E-state index >= 15 is 0 Å². The lowest BCUT2D eigenvalue weighted by Crippen LogP contribution is -2.00. The zero-order chi connectivity index (χ0) is 11.1. The maximum atomic E-state index is 10.2. The number of carbonyl (C=O) groups is 1. The first-order chi connectivity index (χ1) is 6.61. The first kappa shape index (κ1) is 12.0. The Morgan fingerprint density at radius 3 is 2.36 bits per heavy atom. The van der Waals surface area contributed by atoms with E-state index in [0.717, 1.165) is 18.3 Å². The number of carboxylic acids is 1. The summed E-state index contributed by atoms with van der Waals surface area (Å²) in [5, 5.41) is 18.5. The molecule has 0 saturated heterocycles. The van der Waals surface area contributed by atoms with E-state index in [1.165, 1.54) is 0 Å². The van der Waals surface area contributed by atoms with Gasteiger partial charge in [0.25, 0.3) is 5.69 Å². The molecular formula is C8H10N2O4. The lowest BCUT2D eigenvalue weighted by atomic mass is 10.3. The van der Waals surface area contributed by atoms with Crippen molar-refractivity contribution in [2.75, 3.05) is 0 Å². The highest BCUT2D eigenvalue weighted by molar-refractivity contribution is 5.85. The molecule has 1 aromatic heterocycles. The van der Waals surface area contributed by atoms with Crippen LogP contribution < -0.4 is 0 Å². The summed E-state index contributed by atoms with van der Waals surface area (Å²) < 4.78 is 0. The van der Waals surface area contributed by atoms with Crippen LogP contribution in [0, 0.1) is 10.1 Å². The lowest BCUT2D eigenvalue weighted by molar-refractivity contribution is -0.385. The molecule has 0 aliphatic carbocycles. The summed E-state index contributed by atoms with van der Waals surface area (Å²) >= 11 is 0. The molecule has 0 aliphatic heterocycles. The van der Waals surface area contributed by atoms with Gasteiger partial charge in [-0.3, -0.25) is 10.1 Å². The van der Waals surface area contributed by atoms with Crippen LogP contribution in [0.15, 0.2) is 18.3 Å². The van der Waals surface area contributed by atoms with Crippen LogP contribution in [0.3, 0.4) is 0 Å². The number of nitrogens with zero attached hydrogens (tertiary/aromatic N) is 2. The van der Waals surface area contributed by atoms with E-state index in [0.29, 0.717) is 0 Å². The molecular weight excluding hydrogens is 188 g/mol. The quantitative estimate of drug-likeness (QED) is 0.576. The summed E-state index contributed by atoms with van der Waals surface area (Å²) in [4.78, 5) is 23.1. The molecule has 0 radical (unpaired) electrons. The second-order valence-corrected chi connectivity index (χ2v) is 1.96. The fourth-order valence-electron chi connectivity index (χ4n) is 0.621. The van der Waals surface area contributed by atoms with Crippen LogP contribution in [0.1, 0.15) is 24.3 Å². The van der Waals surface area contributed by atoms with Crippen LogP contribution >= 0.6 is 0 Å². The van der Waals surface area contributed by atoms with Crippen molar-refractivity contribution in [2.24, 2.45) is 0 Å². The van der Waals surface area contributed by atoms with Gasteiger partial charge in [-0.25, -0.2) is 9.78 Å². The van der Waals surface area contributed by atoms with E-state index in [2.05, 4.69) is 4.98 Å². The van der Waals surface area contributed by atoms with Crippen molar-refractivity contribution in [3.63, 3.8) is 0 Å². The SMILES string of the molecule is CC.O=C(O)c1ccc([N+](=O)[O-])cn1. The van der Waals surface area contributed by atoms with E-state index in [1.54, 1.807) is 0 Å². The third-order valence-electron chi connectivity index (χ3n) is 1.18. The zero-order valence-corrected chi connectivity index (χ0v) is 7.80. The average Bonchev–Trinajstić information content (AvgIpc) is 2.21. The molecule has 76 valence electrons. The third-order valence-corrected chi connectivity index (χ3v) is 1.18. The topological polar surface area (TPSA) is 93.3 Å². The minimum atomic E-state index is -1.20. The Bertz CT molecular complexity index is 288. The molecule has 0 atom stereocenters. The predicted octanol–water partition coefficient (Wildman–Crippen LogP) is 1.71. The van der Waals surface area contributed by atoms with E-state index in [-0.39, 0.29) is 11.4 Å². The second kappa shape index (κ2) is 5.63. The first-order valence-electron chi connectivity index (χ1n) is 3.95. The molecule has 0 fully saturated rings. The minimum absolute atomic E-state index is 0.208. The highest BCUT2D eigenvalue weighted by atomic mass is 16.6. The summed E-state index contributed by atoms with van der Waals surface area (Å²) in [6.07, 6.45) is 0.906. The van der Waals surface area contributed by atoms with Crippen molar-refractivity contribution in [3.8, 4) is 0 Å². The van der Waals surface area contributed by atoms with Crippen LogP contribution in [-0.2, 0) is 0 Å². The van der Waals surface area contributed by atoms with Gasteiger partial charge in [-0.05, 0) is 6.07 Å². The van der Waals surface area contributed by atoms with Crippen molar-refractivity contribution in [1.29, 1.82) is 0 Å². The third kappa shape index (κ3) is 3.18. The molecule has 0 bridgehead atoms. The van der Waals surface area contributed by atoms with E-state index in [4.69, 9.17) is 5.11 Å². The summed E-state index contributed by atoms with van der Waals surface area (Å²) in [6.45, 7) is 4.00. The van der Waals surface area contributed by atoms with Crippen LogP contribution in [0.5, 0.6) is 0 Å². The van der Waals surface area contributed by atoms with Crippen molar-refractivity contribution in [3.05, 3.63) is 34.1 Å². The smallest absolute Gasteiger partial charge is 0.354 e. The molecule has 0 spiro atoms. The molecule has 1 N–H and O–H groups in total. The van der Waals surface area contributed by atoms with Crippen LogP contribution in [-0.4, -0.2) is 21.0 Å². The van der Waals surface area contributed by atoms with Gasteiger partial charge in [0.1, 0.15) is 11.9 Å². The molecule has 0 aliphatic rings. The Balaban J connectivity index is 0.000000791. The maximum Gasteiger partial charge on any atom is 0.354 e. The van der Waals surface area contributed by atoms with Gasteiger partial charge in [0.2, 0.25) is 0 Å². The van der Waals surface area contributed by atoms with Gasteiger partial charge >= 0.3 is 5.97 Å². The number of hydrogen-bond donors (Lipinski definition) is 1. The first-order valence-corrected chi connectivity index (χ1v) is 3.95. The summed E-state index contributed by atoms with van der Waals surface area (Å²) in [5.74, 6) is -1.20. The van der Waals surface area contributed by atoms with E-state index in [9.17, 15) is 14.9 Å². The second-order valence-electron chi connectivity index (χ2n) is 1.96. The molecule has 0 amide bonds. The fourth-order valence-corrected chi connectivity index (χ4v) is 0.621. The molecule has 1 heterocycles. The largest absolute Gasteiger partial charge is 0.477 e. The number of rotatable bonds is 2. The van der Waals surface area contributed by atoms with Crippen molar-refractivity contribution in [1.82, 2.24) is 4.98 Å². The van der Waals surface area contributed by atoms with Gasteiger partial charge in [0.05, 0.1) is 4.92 Å². The van der Waals surface area contributed by atoms with Gasteiger partial charge in [-0.15, -0.1) is 0 Å². The Hall–Kier alpha value is -1.98. The van der Waals surface area contributed by atoms with Crippen molar-refractivity contribution >= 4 is 11.7 Å². The molecule has 14 heavy (non-hydrogen) atoms. The molecule has 1 aromatic rings. The van der Waals surface area contributed by atoms with Crippen LogP contribution in [0.2, 0.25) is 0 Å². The Kier molecular flexibility index (Phi) is 4.83. The maximum absolute atomic E-state index is 10.2. The summed E-state index contributed by atoms with van der Waals surface area (Å²) in [7, 11) is 0. The highest BCUT2D eigenvalue weighted by Crippen LogP contribution is 2.08. The molecule has 0 aromatic carbocycles. The Morgan fingerprint density at radius 1 is 1.50 bits per heavy atom. The average molecular weight is 198 g/mol. The number of aromatic carboxylic acids is 1. The van der Waals surface area contributed by atoms with Crippen LogP contribution in [0.4, 0.5) is 5.69 Å². The molecule has 6 heteroatoms. The standard InChI is InChI=1S/C6H4N2O4.C2H6/c9-6(10)5-2-1-4(3-7-5)8(11)12;1-2/h1-3H,(H,9,10);1-2H3.